The third-order valence-corrected chi connectivity index (χ3v) is 3.03. The third kappa shape index (κ3) is 5.02. The van der Waals surface area contributed by atoms with Crippen molar-refractivity contribution in [3.63, 3.8) is 0 Å². The first-order valence-electron chi connectivity index (χ1n) is 6.24. The van der Waals surface area contributed by atoms with Gasteiger partial charge in [-0.1, -0.05) is 20.8 Å². The minimum absolute atomic E-state index is 0.142. The van der Waals surface area contributed by atoms with Gasteiger partial charge in [-0.15, -0.1) is 0 Å². The van der Waals surface area contributed by atoms with Gasteiger partial charge < -0.3 is 15.8 Å². The summed E-state index contributed by atoms with van der Waals surface area (Å²) < 4.78 is 5.28. The first-order valence-corrected chi connectivity index (χ1v) is 6.24. The number of morpholine rings is 1. The van der Waals surface area contributed by atoms with Crippen molar-refractivity contribution in [3.05, 3.63) is 0 Å². The zero-order valence-electron chi connectivity index (χ0n) is 11.2. The highest BCUT2D eigenvalue weighted by Gasteiger charge is 2.28. The zero-order valence-corrected chi connectivity index (χ0v) is 11.2. The molecular weight excluding hydrogens is 218 g/mol. The lowest BCUT2D eigenvalue weighted by atomic mass is 9.86. The van der Waals surface area contributed by atoms with E-state index in [4.69, 9.17) is 10.5 Å². The van der Waals surface area contributed by atoms with E-state index in [1.54, 1.807) is 0 Å². The summed E-state index contributed by atoms with van der Waals surface area (Å²) in [6.45, 7) is 11.3. The van der Waals surface area contributed by atoms with Crippen LogP contribution < -0.4 is 11.1 Å². The Morgan fingerprint density at radius 1 is 1.41 bits per heavy atom. The van der Waals surface area contributed by atoms with E-state index in [0.29, 0.717) is 0 Å². The van der Waals surface area contributed by atoms with Gasteiger partial charge in [0.05, 0.1) is 19.3 Å². The van der Waals surface area contributed by atoms with Crippen molar-refractivity contribution in [3.8, 4) is 0 Å². The van der Waals surface area contributed by atoms with E-state index in [2.05, 4.69) is 10.2 Å². The van der Waals surface area contributed by atoms with Gasteiger partial charge in [0.1, 0.15) is 0 Å². The second kappa shape index (κ2) is 6.33. The average molecular weight is 243 g/mol. The summed E-state index contributed by atoms with van der Waals surface area (Å²) in [5, 5.41) is 3.25. The molecule has 1 fully saturated rings. The summed E-state index contributed by atoms with van der Waals surface area (Å²) in [6, 6.07) is -0.274. The SMILES string of the molecule is CC(C)(C)[C@H](NCCN1CCOCC1)C(N)=O. The maximum absolute atomic E-state index is 11.4. The molecule has 0 saturated carbocycles. The third-order valence-electron chi connectivity index (χ3n) is 3.03. The Morgan fingerprint density at radius 2 is 2.00 bits per heavy atom. The molecule has 3 N–H and O–H groups in total. The van der Waals surface area contributed by atoms with Gasteiger partial charge in [-0.05, 0) is 5.41 Å². The van der Waals surface area contributed by atoms with Crippen molar-refractivity contribution in [2.75, 3.05) is 39.4 Å². The van der Waals surface area contributed by atoms with Crippen LogP contribution in [-0.4, -0.2) is 56.2 Å². The van der Waals surface area contributed by atoms with Crippen molar-refractivity contribution in [2.45, 2.75) is 26.8 Å². The standard InChI is InChI=1S/C12H25N3O2/c1-12(2,3)10(11(13)16)14-4-5-15-6-8-17-9-7-15/h10,14H,4-9H2,1-3H3,(H2,13,16)/t10-/m1/s1. The number of nitrogens with one attached hydrogen (secondary N) is 1. The van der Waals surface area contributed by atoms with Gasteiger partial charge in [-0.3, -0.25) is 9.69 Å². The van der Waals surface area contributed by atoms with Gasteiger partial charge >= 0.3 is 0 Å². The Kier molecular flexibility index (Phi) is 5.36. The summed E-state index contributed by atoms with van der Waals surface area (Å²) in [6.07, 6.45) is 0. The molecule has 1 saturated heterocycles. The highest BCUT2D eigenvalue weighted by Crippen LogP contribution is 2.18. The van der Waals surface area contributed by atoms with Crippen molar-refractivity contribution in [1.29, 1.82) is 0 Å². The molecule has 0 aromatic carbocycles. The van der Waals surface area contributed by atoms with Gasteiger partial charge in [-0.25, -0.2) is 0 Å². The monoisotopic (exact) mass is 243 g/mol. The molecule has 0 radical (unpaired) electrons. The molecule has 5 heteroatoms. The molecule has 1 atom stereocenters. The van der Waals surface area contributed by atoms with Crippen LogP contribution in [0.4, 0.5) is 0 Å². The van der Waals surface area contributed by atoms with Crippen molar-refractivity contribution < 1.29 is 9.53 Å². The number of ether oxygens (including phenoxy) is 1. The molecule has 100 valence electrons. The minimum atomic E-state index is -0.278. The van der Waals surface area contributed by atoms with Crippen LogP contribution >= 0.6 is 0 Å². The summed E-state index contributed by atoms with van der Waals surface area (Å²) >= 11 is 0. The topological polar surface area (TPSA) is 67.6 Å². The summed E-state index contributed by atoms with van der Waals surface area (Å²) in [5.41, 5.74) is 5.27. The number of primary amides is 1. The fourth-order valence-electron chi connectivity index (χ4n) is 2.03. The van der Waals surface area contributed by atoms with E-state index in [1.807, 2.05) is 20.8 Å². The molecule has 1 amide bonds. The molecule has 0 aliphatic carbocycles. The summed E-state index contributed by atoms with van der Waals surface area (Å²) in [4.78, 5) is 13.7. The van der Waals surface area contributed by atoms with E-state index in [1.165, 1.54) is 0 Å². The molecule has 0 bridgehead atoms. The molecular formula is C12H25N3O2. The van der Waals surface area contributed by atoms with Crippen molar-refractivity contribution in [1.82, 2.24) is 10.2 Å². The van der Waals surface area contributed by atoms with Crippen LogP contribution in [0.2, 0.25) is 0 Å². The smallest absolute Gasteiger partial charge is 0.235 e. The van der Waals surface area contributed by atoms with Crippen LogP contribution in [0.3, 0.4) is 0 Å². The van der Waals surface area contributed by atoms with Crippen LogP contribution in [0.15, 0.2) is 0 Å². The minimum Gasteiger partial charge on any atom is -0.379 e. The molecule has 0 unspecified atom stereocenters. The van der Waals surface area contributed by atoms with E-state index < -0.39 is 0 Å². The number of nitrogens with two attached hydrogens (primary N) is 1. The number of carbonyl (C=O) groups is 1. The number of hydrogen-bond acceptors (Lipinski definition) is 4. The molecule has 0 spiro atoms. The fourth-order valence-corrected chi connectivity index (χ4v) is 2.03. The number of hydrogen-bond donors (Lipinski definition) is 2. The number of rotatable bonds is 5. The lowest BCUT2D eigenvalue weighted by Crippen LogP contribution is -2.52. The second-order valence-corrected chi connectivity index (χ2v) is 5.61. The van der Waals surface area contributed by atoms with Gasteiger partial charge in [-0.2, -0.15) is 0 Å². The Balaban J connectivity index is 2.29. The van der Waals surface area contributed by atoms with Crippen LogP contribution in [0.5, 0.6) is 0 Å². The first-order chi connectivity index (χ1) is 7.91. The molecule has 5 nitrogen and oxygen atoms in total. The number of amides is 1. The maximum atomic E-state index is 11.4. The molecule has 0 aromatic rings. The number of nitrogens with zero attached hydrogens (tertiary/aromatic N) is 1. The molecule has 1 aliphatic rings. The molecule has 17 heavy (non-hydrogen) atoms. The lowest BCUT2D eigenvalue weighted by Gasteiger charge is -2.31. The van der Waals surface area contributed by atoms with E-state index in [9.17, 15) is 4.79 Å². The van der Waals surface area contributed by atoms with Crippen LogP contribution in [0, 0.1) is 5.41 Å². The number of carbonyl (C=O) groups excluding carboxylic acids is 1. The van der Waals surface area contributed by atoms with E-state index >= 15 is 0 Å². The zero-order chi connectivity index (χ0) is 12.9. The maximum Gasteiger partial charge on any atom is 0.235 e. The highest BCUT2D eigenvalue weighted by atomic mass is 16.5. The Labute approximate surface area is 104 Å². The predicted molar refractivity (Wildman–Crippen MR) is 67.7 cm³/mol. The van der Waals surface area contributed by atoms with E-state index in [0.717, 1.165) is 39.4 Å². The Hall–Kier alpha value is -0.650. The molecule has 1 heterocycles. The molecule has 1 aliphatic heterocycles. The second-order valence-electron chi connectivity index (χ2n) is 5.61. The first kappa shape index (κ1) is 14.4. The van der Waals surface area contributed by atoms with Crippen LogP contribution in [0.1, 0.15) is 20.8 Å². The van der Waals surface area contributed by atoms with Gasteiger partial charge in [0.25, 0.3) is 0 Å². The molecule has 0 aromatic heterocycles. The molecule has 1 rings (SSSR count). The average Bonchev–Trinajstić information content (AvgIpc) is 2.23. The summed E-state index contributed by atoms with van der Waals surface area (Å²) in [7, 11) is 0. The normalized spacial score (nSPS) is 20.2. The Morgan fingerprint density at radius 3 is 2.47 bits per heavy atom. The quantitative estimate of drug-likeness (QED) is 0.702. The largest absolute Gasteiger partial charge is 0.379 e. The van der Waals surface area contributed by atoms with Crippen LogP contribution in [0.25, 0.3) is 0 Å². The lowest BCUT2D eigenvalue weighted by molar-refractivity contribution is -0.122. The Bertz CT molecular complexity index is 245. The van der Waals surface area contributed by atoms with Crippen molar-refractivity contribution in [2.24, 2.45) is 11.1 Å². The van der Waals surface area contributed by atoms with Gasteiger partial charge in [0, 0.05) is 26.2 Å². The highest BCUT2D eigenvalue weighted by molar-refractivity contribution is 5.80. The predicted octanol–water partition coefficient (Wildman–Crippen LogP) is -0.192. The van der Waals surface area contributed by atoms with Crippen molar-refractivity contribution >= 4 is 5.91 Å². The van der Waals surface area contributed by atoms with Gasteiger partial charge in [0.15, 0.2) is 0 Å². The summed E-state index contributed by atoms with van der Waals surface area (Å²) in [5.74, 6) is -0.278. The van der Waals surface area contributed by atoms with E-state index in [-0.39, 0.29) is 17.4 Å². The van der Waals surface area contributed by atoms with Gasteiger partial charge in [0.2, 0.25) is 5.91 Å². The van der Waals surface area contributed by atoms with Crippen LogP contribution in [-0.2, 0) is 9.53 Å². The fraction of sp³-hybridized carbons (Fsp3) is 0.917.